The van der Waals surface area contributed by atoms with Crippen LogP contribution in [0.15, 0.2) is 30.7 Å². The van der Waals surface area contributed by atoms with Gasteiger partial charge in [0.25, 0.3) is 0 Å². The second-order valence-electron chi connectivity index (χ2n) is 7.35. The second-order valence-corrected chi connectivity index (χ2v) is 7.35. The van der Waals surface area contributed by atoms with Gasteiger partial charge in [-0.05, 0) is 38.0 Å². The topological polar surface area (TPSA) is 74.8 Å². The number of anilines is 1. The number of benzene rings is 1. The maximum Gasteiger partial charge on any atom is 0.237 e. The second kappa shape index (κ2) is 6.20. The Morgan fingerprint density at radius 1 is 1.19 bits per heavy atom. The average molecular weight is 349 g/mol. The van der Waals surface area contributed by atoms with Gasteiger partial charge in [0.15, 0.2) is 5.82 Å². The number of carbonyl (C=O) groups excluding carboxylic acids is 1. The van der Waals surface area contributed by atoms with Gasteiger partial charge in [0.2, 0.25) is 5.91 Å². The molecule has 0 atom stereocenters. The Morgan fingerprint density at radius 3 is 2.77 bits per heavy atom. The van der Waals surface area contributed by atoms with Crippen molar-refractivity contribution in [1.29, 1.82) is 0 Å². The monoisotopic (exact) mass is 349 g/mol. The van der Waals surface area contributed by atoms with Gasteiger partial charge in [0, 0.05) is 18.9 Å². The lowest BCUT2D eigenvalue weighted by Crippen LogP contribution is -2.36. The van der Waals surface area contributed by atoms with Gasteiger partial charge in [-0.1, -0.05) is 19.8 Å². The molecule has 4 rings (SSSR count). The van der Waals surface area contributed by atoms with E-state index < -0.39 is 5.41 Å². The van der Waals surface area contributed by atoms with Crippen molar-refractivity contribution < 1.29 is 4.79 Å². The molecule has 0 saturated carbocycles. The fourth-order valence-electron chi connectivity index (χ4n) is 3.62. The first-order valence-corrected chi connectivity index (χ1v) is 9.15. The van der Waals surface area contributed by atoms with Gasteiger partial charge in [0.1, 0.15) is 5.69 Å². The smallest absolute Gasteiger partial charge is 0.237 e. The van der Waals surface area contributed by atoms with Crippen LogP contribution in [-0.2, 0) is 10.2 Å². The summed E-state index contributed by atoms with van der Waals surface area (Å²) in [6.07, 6.45) is 8.27. The Labute approximate surface area is 152 Å². The molecule has 26 heavy (non-hydrogen) atoms. The molecule has 1 N–H and O–H groups in total. The van der Waals surface area contributed by atoms with Crippen molar-refractivity contribution in [1.82, 2.24) is 19.9 Å². The molecular formula is C20H23N5O. The van der Waals surface area contributed by atoms with Crippen molar-refractivity contribution in [3.8, 4) is 11.5 Å². The van der Waals surface area contributed by atoms with Crippen LogP contribution in [0.4, 0.5) is 5.69 Å². The summed E-state index contributed by atoms with van der Waals surface area (Å²) in [7, 11) is 0. The molecule has 0 aliphatic carbocycles. The van der Waals surface area contributed by atoms with E-state index in [9.17, 15) is 4.79 Å². The summed E-state index contributed by atoms with van der Waals surface area (Å²) in [5, 5.41) is 0. The summed E-state index contributed by atoms with van der Waals surface area (Å²) < 4.78 is 0. The molecule has 0 spiro atoms. The number of aromatic amines is 1. The van der Waals surface area contributed by atoms with E-state index in [2.05, 4.69) is 32.9 Å². The van der Waals surface area contributed by atoms with Crippen LogP contribution in [0.2, 0.25) is 0 Å². The van der Waals surface area contributed by atoms with Crippen LogP contribution in [0.1, 0.15) is 45.6 Å². The lowest BCUT2D eigenvalue weighted by atomic mass is 9.86. The molecule has 2 aromatic heterocycles. The molecule has 3 heterocycles. The Morgan fingerprint density at radius 2 is 2.04 bits per heavy atom. The lowest BCUT2D eigenvalue weighted by Gasteiger charge is -2.20. The zero-order chi connectivity index (χ0) is 18.3. The normalized spacial score (nSPS) is 15.7. The maximum atomic E-state index is 12.9. The van der Waals surface area contributed by atoms with Crippen molar-refractivity contribution in [2.45, 2.75) is 45.4 Å². The summed E-state index contributed by atoms with van der Waals surface area (Å²) in [6.45, 7) is 6.93. The zero-order valence-corrected chi connectivity index (χ0v) is 15.4. The number of H-pyrrole nitrogens is 1. The van der Waals surface area contributed by atoms with Gasteiger partial charge in [0.05, 0.1) is 28.3 Å². The molecule has 1 amide bonds. The summed E-state index contributed by atoms with van der Waals surface area (Å²) >= 11 is 0. The third-order valence-electron chi connectivity index (χ3n) is 5.13. The Balaban J connectivity index is 1.79. The van der Waals surface area contributed by atoms with Crippen LogP contribution in [0.25, 0.3) is 22.6 Å². The number of hydrogen-bond donors (Lipinski definition) is 1. The molecule has 1 aromatic carbocycles. The van der Waals surface area contributed by atoms with E-state index in [-0.39, 0.29) is 5.91 Å². The van der Waals surface area contributed by atoms with E-state index in [1.807, 2.05) is 24.8 Å². The number of imidazole rings is 1. The number of aromatic nitrogens is 4. The molecular weight excluding hydrogens is 326 g/mol. The highest BCUT2D eigenvalue weighted by atomic mass is 16.2. The molecule has 1 aliphatic rings. The predicted octanol–water partition coefficient (Wildman–Crippen LogP) is 3.83. The summed E-state index contributed by atoms with van der Waals surface area (Å²) in [6, 6.07) is 4.09. The largest absolute Gasteiger partial charge is 0.337 e. The Bertz CT molecular complexity index is 961. The number of unbranched alkanes of at least 4 members (excludes halogenated alkanes) is 2. The third-order valence-corrected chi connectivity index (χ3v) is 5.13. The van der Waals surface area contributed by atoms with Gasteiger partial charge in [-0.2, -0.15) is 0 Å². The molecule has 3 aromatic rings. The van der Waals surface area contributed by atoms with Crippen LogP contribution in [0.5, 0.6) is 0 Å². The quantitative estimate of drug-likeness (QED) is 0.710. The first-order chi connectivity index (χ1) is 12.5. The first kappa shape index (κ1) is 16.7. The van der Waals surface area contributed by atoms with Gasteiger partial charge in [-0.3, -0.25) is 9.78 Å². The van der Waals surface area contributed by atoms with E-state index in [0.717, 1.165) is 48.1 Å². The average Bonchev–Trinajstić information content (AvgIpc) is 3.14. The fraction of sp³-hybridized carbons (Fsp3) is 0.400. The summed E-state index contributed by atoms with van der Waals surface area (Å²) in [4.78, 5) is 31.3. The Hall–Kier alpha value is -2.76. The molecule has 0 saturated heterocycles. The first-order valence-electron chi connectivity index (χ1n) is 9.15. The van der Waals surface area contributed by atoms with E-state index in [1.165, 1.54) is 0 Å². The molecule has 0 bridgehead atoms. The van der Waals surface area contributed by atoms with Gasteiger partial charge in [-0.25, -0.2) is 9.97 Å². The van der Waals surface area contributed by atoms with E-state index >= 15 is 0 Å². The molecule has 6 nitrogen and oxygen atoms in total. The number of nitrogens with one attached hydrogen (secondary N) is 1. The van der Waals surface area contributed by atoms with Crippen molar-refractivity contribution in [3.63, 3.8) is 0 Å². The molecule has 0 radical (unpaired) electrons. The van der Waals surface area contributed by atoms with Crippen molar-refractivity contribution >= 4 is 22.6 Å². The van der Waals surface area contributed by atoms with Crippen molar-refractivity contribution in [2.75, 3.05) is 11.4 Å². The van der Waals surface area contributed by atoms with Gasteiger partial charge >= 0.3 is 0 Å². The summed E-state index contributed by atoms with van der Waals surface area (Å²) in [5.74, 6) is 0.865. The summed E-state index contributed by atoms with van der Waals surface area (Å²) in [5.41, 5.74) is 3.98. The number of carbonyl (C=O) groups is 1. The van der Waals surface area contributed by atoms with Crippen LogP contribution in [-0.4, -0.2) is 32.4 Å². The van der Waals surface area contributed by atoms with Crippen LogP contribution in [0.3, 0.4) is 0 Å². The van der Waals surface area contributed by atoms with Crippen LogP contribution < -0.4 is 4.90 Å². The molecule has 6 heteroatoms. The van der Waals surface area contributed by atoms with Crippen LogP contribution >= 0.6 is 0 Å². The highest BCUT2D eigenvalue weighted by Gasteiger charge is 2.43. The van der Waals surface area contributed by atoms with Crippen molar-refractivity contribution in [2.24, 2.45) is 0 Å². The lowest BCUT2D eigenvalue weighted by molar-refractivity contribution is -0.122. The minimum absolute atomic E-state index is 0.172. The van der Waals surface area contributed by atoms with E-state index in [4.69, 9.17) is 0 Å². The SMILES string of the molecule is CCCCCN1C(=O)C(C)(C)c2cc3nc(-c4cnccn4)[nH]c3cc21. The predicted molar refractivity (Wildman–Crippen MR) is 102 cm³/mol. The minimum Gasteiger partial charge on any atom is -0.337 e. The molecule has 0 fully saturated rings. The zero-order valence-electron chi connectivity index (χ0n) is 15.4. The van der Waals surface area contributed by atoms with E-state index in [1.54, 1.807) is 18.6 Å². The van der Waals surface area contributed by atoms with Gasteiger partial charge in [-0.15, -0.1) is 0 Å². The Kier molecular flexibility index (Phi) is 3.98. The fourth-order valence-corrected chi connectivity index (χ4v) is 3.62. The van der Waals surface area contributed by atoms with E-state index in [0.29, 0.717) is 11.5 Å². The number of nitrogens with zero attached hydrogens (tertiary/aromatic N) is 4. The number of hydrogen-bond acceptors (Lipinski definition) is 4. The van der Waals surface area contributed by atoms with Gasteiger partial charge < -0.3 is 9.88 Å². The number of rotatable bonds is 5. The highest BCUT2D eigenvalue weighted by Crippen LogP contribution is 2.43. The molecule has 1 aliphatic heterocycles. The molecule has 0 unspecified atom stereocenters. The highest BCUT2D eigenvalue weighted by molar-refractivity contribution is 6.09. The third kappa shape index (κ3) is 2.57. The van der Waals surface area contributed by atoms with Crippen molar-refractivity contribution in [3.05, 3.63) is 36.3 Å². The minimum atomic E-state index is -0.526. The number of fused-ring (bicyclic) bond motifs is 2. The molecule has 134 valence electrons. The van der Waals surface area contributed by atoms with Crippen LogP contribution in [0, 0.1) is 0 Å². The number of amides is 1. The standard InChI is InChI=1S/C20H23N5O/c1-4-5-6-9-25-17-11-15-14(10-13(17)20(2,3)19(25)26)23-18(24-15)16-12-21-7-8-22-16/h7-8,10-12H,4-6,9H2,1-3H3,(H,23,24). The maximum absolute atomic E-state index is 12.9.